The largest absolute Gasteiger partial charge is 0.389 e. The summed E-state index contributed by atoms with van der Waals surface area (Å²) in [4.78, 5) is 20.3. The fraction of sp³-hybridized carbons (Fsp3) is 0.600. The first-order chi connectivity index (χ1) is 4.95. The first-order valence-corrected chi connectivity index (χ1v) is 2.89. The Bertz CT molecular complexity index is 170. The number of hydrogen-bond donors (Lipinski definition) is 4. The van der Waals surface area contributed by atoms with E-state index in [1.807, 2.05) is 0 Å². The lowest BCUT2D eigenvalue weighted by atomic mass is 10.1. The smallest absolute Gasteiger partial charge is 0.248 e. The molecule has 2 amide bonds. The molecule has 0 aromatic carbocycles. The Morgan fingerprint density at radius 3 is 2.00 bits per heavy atom. The van der Waals surface area contributed by atoms with Gasteiger partial charge in [-0.3, -0.25) is 9.59 Å². The molecule has 6 heteroatoms. The van der Waals surface area contributed by atoms with Gasteiger partial charge in [-0.2, -0.15) is 0 Å². The Balaban J connectivity index is 3.92. The monoisotopic (exact) mass is 162 g/mol. The highest BCUT2D eigenvalue weighted by Gasteiger charge is 2.22. The summed E-state index contributed by atoms with van der Waals surface area (Å²) in [6, 6.07) is 0. The maximum absolute atomic E-state index is 10.2. The number of amides is 2. The van der Waals surface area contributed by atoms with Crippen LogP contribution in [0.1, 0.15) is 6.42 Å². The molecular formula is C5H10N2O4. The Morgan fingerprint density at radius 2 is 1.73 bits per heavy atom. The summed E-state index contributed by atoms with van der Waals surface area (Å²) in [6.07, 6.45) is -3.73. The van der Waals surface area contributed by atoms with Crippen molar-refractivity contribution in [2.24, 2.45) is 11.5 Å². The van der Waals surface area contributed by atoms with E-state index in [1.54, 1.807) is 0 Å². The van der Waals surface area contributed by atoms with E-state index in [1.165, 1.54) is 0 Å². The Hall–Kier alpha value is -1.14. The van der Waals surface area contributed by atoms with Crippen LogP contribution in [0.5, 0.6) is 0 Å². The summed E-state index contributed by atoms with van der Waals surface area (Å²) >= 11 is 0. The molecule has 0 aromatic heterocycles. The molecular weight excluding hydrogens is 152 g/mol. The van der Waals surface area contributed by atoms with Crippen LogP contribution in [0.15, 0.2) is 0 Å². The molecule has 0 bridgehead atoms. The van der Waals surface area contributed by atoms with E-state index in [0.29, 0.717) is 0 Å². The molecule has 2 unspecified atom stereocenters. The van der Waals surface area contributed by atoms with Crippen molar-refractivity contribution in [3.63, 3.8) is 0 Å². The summed E-state index contributed by atoms with van der Waals surface area (Å²) in [5, 5.41) is 17.5. The lowest BCUT2D eigenvalue weighted by molar-refractivity contribution is -0.133. The Kier molecular flexibility index (Phi) is 3.49. The van der Waals surface area contributed by atoms with Gasteiger partial charge >= 0.3 is 0 Å². The van der Waals surface area contributed by atoms with Gasteiger partial charge in [-0.05, 0) is 0 Å². The van der Waals surface area contributed by atoms with Crippen LogP contribution in [-0.2, 0) is 9.59 Å². The standard InChI is InChI=1S/C5H10N2O4/c6-3(9)1-2(8)4(10)5(7)11/h2,4,8,10H,1H2,(H2,6,9)(H2,7,11). The number of carbonyl (C=O) groups is 2. The van der Waals surface area contributed by atoms with Gasteiger partial charge in [0.15, 0.2) is 6.10 Å². The van der Waals surface area contributed by atoms with Gasteiger partial charge in [0, 0.05) is 0 Å². The molecule has 0 aliphatic carbocycles. The van der Waals surface area contributed by atoms with Crippen molar-refractivity contribution in [3.05, 3.63) is 0 Å². The second-order valence-corrected chi connectivity index (χ2v) is 2.08. The number of primary amides is 2. The minimum atomic E-state index is -1.73. The zero-order chi connectivity index (χ0) is 9.02. The van der Waals surface area contributed by atoms with Crippen LogP contribution < -0.4 is 11.5 Å². The van der Waals surface area contributed by atoms with Gasteiger partial charge in [0.1, 0.15) is 0 Å². The molecule has 64 valence electrons. The number of aliphatic hydroxyl groups excluding tert-OH is 2. The molecule has 6 N–H and O–H groups in total. The third kappa shape index (κ3) is 3.54. The van der Waals surface area contributed by atoms with Crippen molar-refractivity contribution in [3.8, 4) is 0 Å². The average molecular weight is 162 g/mol. The third-order valence-electron chi connectivity index (χ3n) is 1.07. The average Bonchev–Trinajstić information content (AvgIpc) is 1.84. The van der Waals surface area contributed by atoms with Crippen molar-refractivity contribution in [2.75, 3.05) is 0 Å². The molecule has 0 heterocycles. The van der Waals surface area contributed by atoms with Crippen LogP contribution in [0.3, 0.4) is 0 Å². The molecule has 0 aromatic rings. The van der Waals surface area contributed by atoms with Crippen LogP contribution >= 0.6 is 0 Å². The van der Waals surface area contributed by atoms with E-state index in [0.717, 1.165) is 0 Å². The van der Waals surface area contributed by atoms with Crippen molar-refractivity contribution < 1.29 is 19.8 Å². The SMILES string of the molecule is NC(=O)CC(O)C(O)C(N)=O. The third-order valence-corrected chi connectivity index (χ3v) is 1.07. The quantitative estimate of drug-likeness (QED) is 0.353. The second kappa shape index (κ2) is 3.89. The summed E-state index contributed by atoms with van der Waals surface area (Å²) in [7, 11) is 0. The minimum absolute atomic E-state index is 0.482. The number of carbonyl (C=O) groups excluding carboxylic acids is 2. The van der Waals surface area contributed by atoms with Gasteiger partial charge < -0.3 is 21.7 Å². The number of aliphatic hydroxyl groups is 2. The highest BCUT2D eigenvalue weighted by Crippen LogP contribution is 1.96. The van der Waals surface area contributed by atoms with Crippen molar-refractivity contribution >= 4 is 11.8 Å². The molecule has 0 fully saturated rings. The van der Waals surface area contributed by atoms with E-state index in [9.17, 15) is 9.59 Å². The number of hydrogen-bond acceptors (Lipinski definition) is 4. The van der Waals surface area contributed by atoms with Gasteiger partial charge in [0.25, 0.3) is 0 Å². The number of nitrogens with two attached hydrogens (primary N) is 2. The number of rotatable bonds is 4. The van der Waals surface area contributed by atoms with Gasteiger partial charge in [0.2, 0.25) is 11.8 Å². The van der Waals surface area contributed by atoms with Gasteiger partial charge in [-0.1, -0.05) is 0 Å². The fourth-order valence-electron chi connectivity index (χ4n) is 0.507. The van der Waals surface area contributed by atoms with E-state index in [-0.39, 0.29) is 0 Å². The summed E-state index contributed by atoms with van der Waals surface area (Å²) in [5.41, 5.74) is 9.28. The zero-order valence-electron chi connectivity index (χ0n) is 5.73. The fourth-order valence-corrected chi connectivity index (χ4v) is 0.507. The highest BCUT2D eigenvalue weighted by molar-refractivity contribution is 5.81. The maximum atomic E-state index is 10.2. The molecule has 0 spiro atoms. The zero-order valence-corrected chi connectivity index (χ0v) is 5.73. The first-order valence-electron chi connectivity index (χ1n) is 2.89. The predicted octanol–water partition coefficient (Wildman–Crippen LogP) is -2.93. The molecule has 6 nitrogen and oxygen atoms in total. The minimum Gasteiger partial charge on any atom is -0.389 e. The van der Waals surface area contributed by atoms with Crippen LogP contribution in [0.2, 0.25) is 0 Å². The molecule has 0 saturated heterocycles. The summed E-state index contributed by atoms with van der Waals surface area (Å²) in [5.74, 6) is -1.89. The second-order valence-electron chi connectivity index (χ2n) is 2.08. The van der Waals surface area contributed by atoms with Gasteiger partial charge in [-0.25, -0.2) is 0 Å². The van der Waals surface area contributed by atoms with Crippen LogP contribution in [0.4, 0.5) is 0 Å². The van der Waals surface area contributed by atoms with Gasteiger partial charge in [0.05, 0.1) is 12.5 Å². The van der Waals surface area contributed by atoms with Crippen LogP contribution in [0, 0.1) is 0 Å². The van der Waals surface area contributed by atoms with Gasteiger partial charge in [-0.15, -0.1) is 0 Å². The molecule has 0 aliphatic heterocycles. The van der Waals surface area contributed by atoms with E-state index in [4.69, 9.17) is 10.2 Å². The van der Waals surface area contributed by atoms with E-state index in [2.05, 4.69) is 11.5 Å². The summed E-state index contributed by atoms with van der Waals surface area (Å²) in [6.45, 7) is 0. The van der Waals surface area contributed by atoms with E-state index >= 15 is 0 Å². The lowest BCUT2D eigenvalue weighted by Crippen LogP contribution is -2.40. The molecule has 0 aliphatic rings. The molecule has 0 rings (SSSR count). The topological polar surface area (TPSA) is 127 Å². The molecule has 0 saturated carbocycles. The lowest BCUT2D eigenvalue weighted by Gasteiger charge is -2.11. The normalized spacial score (nSPS) is 15.5. The van der Waals surface area contributed by atoms with E-state index < -0.39 is 30.4 Å². The predicted molar refractivity (Wildman–Crippen MR) is 35.0 cm³/mol. The highest BCUT2D eigenvalue weighted by atomic mass is 16.3. The summed E-state index contributed by atoms with van der Waals surface area (Å²) < 4.78 is 0. The first kappa shape index (κ1) is 9.86. The maximum Gasteiger partial charge on any atom is 0.248 e. The van der Waals surface area contributed by atoms with Crippen molar-refractivity contribution in [1.82, 2.24) is 0 Å². The van der Waals surface area contributed by atoms with Crippen molar-refractivity contribution in [2.45, 2.75) is 18.6 Å². The molecule has 2 atom stereocenters. The molecule has 11 heavy (non-hydrogen) atoms. The van der Waals surface area contributed by atoms with Crippen molar-refractivity contribution in [1.29, 1.82) is 0 Å². The molecule has 0 radical (unpaired) electrons. The Labute approximate surface area is 62.8 Å². The van der Waals surface area contributed by atoms with Crippen LogP contribution in [0.25, 0.3) is 0 Å². The Morgan fingerprint density at radius 1 is 1.27 bits per heavy atom. The van der Waals surface area contributed by atoms with Crippen LogP contribution in [-0.4, -0.2) is 34.2 Å².